The zero-order valence-electron chi connectivity index (χ0n) is 11.0. The van der Waals surface area contributed by atoms with Crippen molar-refractivity contribution in [3.05, 3.63) is 28.2 Å². The summed E-state index contributed by atoms with van der Waals surface area (Å²) in [6.45, 7) is 0. The van der Waals surface area contributed by atoms with Crippen LogP contribution in [0.1, 0.15) is 37.7 Å². The van der Waals surface area contributed by atoms with E-state index in [0.717, 1.165) is 23.1 Å². The molecule has 0 saturated heterocycles. The molecule has 1 aliphatic rings. The first kappa shape index (κ1) is 13.9. The number of ether oxygens (including phenoxy) is 1. The molecule has 0 bridgehead atoms. The molecule has 1 aliphatic carbocycles. The van der Waals surface area contributed by atoms with Crippen LogP contribution in [0.25, 0.3) is 0 Å². The first-order chi connectivity index (χ1) is 8.69. The van der Waals surface area contributed by atoms with Crippen molar-refractivity contribution in [3.63, 3.8) is 0 Å². The van der Waals surface area contributed by atoms with E-state index in [4.69, 9.17) is 10.5 Å². The molecule has 18 heavy (non-hydrogen) atoms. The molecule has 2 N–H and O–H groups in total. The molecule has 1 aromatic rings. The van der Waals surface area contributed by atoms with Gasteiger partial charge in [-0.1, -0.05) is 35.2 Å². The average Bonchev–Trinajstić information content (AvgIpc) is 2.54. The topological polar surface area (TPSA) is 35.2 Å². The maximum Gasteiger partial charge on any atom is 0.122 e. The molecule has 100 valence electrons. The van der Waals surface area contributed by atoms with Crippen LogP contribution in [-0.2, 0) is 6.42 Å². The van der Waals surface area contributed by atoms with E-state index < -0.39 is 0 Å². The largest absolute Gasteiger partial charge is 0.496 e. The van der Waals surface area contributed by atoms with Crippen LogP contribution in [0, 0.1) is 5.92 Å². The average molecular weight is 312 g/mol. The van der Waals surface area contributed by atoms with Gasteiger partial charge in [-0.3, -0.25) is 0 Å². The van der Waals surface area contributed by atoms with Crippen LogP contribution in [0.3, 0.4) is 0 Å². The number of hydrogen-bond donors (Lipinski definition) is 1. The highest BCUT2D eigenvalue weighted by Crippen LogP contribution is 2.30. The summed E-state index contributed by atoms with van der Waals surface area (Å²) in [6, 6.07) is 6.63. The van der Waals surface area contributed by atoms with Gasteiger partial charge in [0.05, 0.1) is 7.11 Å². The van der Waals surface area contributed by atoms with E-state index in [9.17, 15) is 0 Å². The third kappa shape index (κ3) is 3.72. The summed E-state index contributed by atoms with van der Waals surface area (Å²) in [5.41, 5.74) is 7.44. The summed E-state index contributed by atoms with van der Waals surface area (Å²) >= 11 is 3.54. The van der Waals surface area contributed by atoms with Crippen molar-refractivity contribution in [1.82, 2.24) is 0 Å². The Bertz CT molecular complexity index is 394. The molecule has 1 aromatic carbocycles. The van der Waals surface area contributed by atoms with Crippen LogP contribution in [-0.4, -0.2) is 13.2 Å². The number of benzene rings is 1. The predicted octanol–water partition coefficient (Wildman–Crippen LogP) is 3.91. The molecular weight excluding hydrogens is 290 g/mol. The maximum atomic E-state index is 6.14. The maximum absolute atomic E-state index is 6.14. The van der Waals surface area contributed by atoms with Gasteiger partial charge in [0.15, 0.2) is 0 Å². The number of hydrogen-bond acceptors (Lipinski definition) is 2. The Labute approximate surface area is 118 Å². The zero-order chi connectivity index (χ0) is 13.0. The fraction of sp³-hybridized carbons (Fsp3) is 0.600. The van der Waals surface area contributed by atoms with Gasteiger partial charge in [0, 0.05) is 10.5 Å². The van der Waals surface area contributed by atoms with Gasteiger partial charge in [-0.05, 0) is 48.9 Å². The fourth-order valence-electron chi connectivity index (χ4n) is 2.91. The molecule has 0 radical (unpaired) electrons. The minimum atomic E-state index is 0.385. The highest BCUT2D eigenvalue weighted by Gasteiger charge is 2.19. The molecule has 2 atom stereocenters. The second kappa shape index (κ2) is 6.58. The molecule has 2 nitrogen and oxygen atoms in total. The Morgan fingerprint density at radius 1 is 1.33 bits per heavy atom. The summed E-state index contributed by atoms with van der Waals surface area (Å²) < 4.78 is 6.57. The summed E-state index contributed by atoms with van der Waals surface area (Å²) in [5.74, 6) is 1.70. The molecule has 0 amide bonds. The van der Waals surface area contributed by atoms with Crippen molar-refractivity contribution in [2.75, 3.05) is 7.11 Å². The minimum Gasteiger partial charge on any atom is -0.496 e. The van der Waals surface area contributed by atoms with Gasteiger partial charge in [0.25, 0.3) is 0 Å². The van der Waals surface area contributed by atoms with Crippen molar-refractivity contribution in [1.29, 1.82) is 0 Å². The standard InChI is InChI=1S/C15H22BrNO/c1-18-15-7-6-13(16)10-12(15)8-11-4-2-3-5-14(17)9-11/h6-7,10-11,14H,2-5,8-9,17H2,1H3. The smallest absolute Gasteiger partial charge is 0.122 e. The molecule has 0 aliphatic heterocycles. The van der Waals surface area contributed by atoms with Gasteiger partial charge >= 0.3 is 0 Å². The Balaban J connectivity index is 2.09. The monoisotopic (exact) mass is 311 g/mol. The van der Waals surface area contributed by atoms with Crippen LogP contribution in [0.15, 0.2) is 22.7 Å². The second-order valence-corrected chi connectivity index (χ2v) is 6.22. The van der Waals surface area contributed by atoms with Crippen molar-refractivity contribution >= 4 is 15.9 Å². The molecule has 2 unspecified atom stereocenters. The minimum absolute atomic E-state index is 0.385. The van der Waals surface area contributed by atoms with E-state index in [2.05, 4.69) is 22.0 Å². The van der Waals surface area contributed by atoms with Crippen molar-refractivity contribution in [2.45, 2.75) is 44.6 Å². The molecule has 2 rings (SSSR count). The van der Waals surface area contributed by atoms with Gasteiger partial charge in [-0.25, -0.2) is 0 Å². The summed E-state index contributed by atoms with van der Waals surface area (Å²) in [6.07, 6.45) is 7.31. The summed E-state index contributed by atoms with van der Waals surface area (Å²) in [5, 5.41) is 0. The Kier molecular flexibility index (Phi) is 5.07. The van der Waals surface area contributed by atoms with Crippen LogP contribution in [0.5, 0.6) is 5.75 Å². The molecular formula is C15H22BrNO. The Morgan fingerprint density at radius 2 is 2.11 bits per heavy atom. The predicted molar refractivity (Wildman–Crippen MR) is 78.9 cm³/mol. The van der Waals surface area contributed by atoms with E-state index >= 15 is 0 Å². The summed E-state index contributed by atoms with van der Waals surface area (Å²) in [7, 11) is 1.74. The lowest BCUT2D eigenvalue weighted by Crippen LogP contribution is -2.22. The third-order valence-electron chi connectivity index (χ3n) is 3.82. The van der Waals surface area contributed by atoms with Crippen LogP contribution < -0.4 is 10.5 Å². The lowest BCUT2D eigenvalue weighted by Gasteiger charge is -2.18. The first-order valence-electron chi connectivity index (χ1n) is 6.77. The highest BCUT2D eigenvalue weighted by molar-refractivity contribution is 9.10. The number of halogens is 1. The van der Waals surface area contributed by atoms with Gasteiger partial charge in [0.1, 0.15) is 5.75 Å². The normalized spacial score (nSPS) is 24.6. The number of methoxy groups -OCH3 is 1. The van der Waals surface area contributed by atoms with E-state index in [1.807, 2.05) is 12.1 Å². The Morgan fingerprint density at radius 3 is 2.89 bits per heavy atom. The molecule has 0 heterocycles. The van der Waals surface area contributed by atoms with Crippen molar-refractivity contribution < 1.29 is 4.74 Å². The van der Waals surface area contributed by atoms with E-state index in [0.29, 0.717) is 12.0 Å². The van der Waals surface area contributed by atoms with Crippen LogP contribution in [0.2, 0.25) is 0 Å². The van der Waals surface area contributed by atoms with E-state index in [1.54, 1.807) is 7.11 Å². The number of rotatable bonds is 3. The van der Waals surface area contributed by atoms with Gasteiger partial charge in [-0.2, -0.15) is 0 Å². The van der Waals surface area contributed by atoms with Gasteiger partial charge < -0.3 is 10.5 Å². The Hall–Kier alpha value is -0.540. The van der Waals surface area contributed by atoms with Crippen LogP contribution in [0.4, 0.5) is 0 Å². The molecule has 1 saturated carbocycles. The molecule has 3 heteroatoms. The third-order valence-corrected chi connectivity index (χ3v) is 4.32. The SMILES string of the molecule is COc1ccc(Br)cc1CC1CCCCC(N)C1. The van der Waals surface area contributed by atoms with E-state index in [1.165, 1.54) is 31.2 Å². The molecule has 0 spiro atoms. The van der Waals surface area contributed by atoms with Crippen molar-refractivity contribution in [2.24, 2.45) is 11.7 Å². The summed E-state index contributed by atoms with van der Waals surface area (Å²) in [4.78, 5) is 0. The van der Waals surface area contributed by atoms with Gasteiger partial charge in [-0.15, -0.1) is 0 Å². The quantitative estimate of drug-likeness (QED) is 0.859. The number of nitrogens with two attached hydrogens (primary N) is 1. The lowest BCUT2D eigenvalue weighted by molar-refractivity contribution is 0.391. The lowest BCUT2D eigenvalue weighted by atomic mass is 9.91. The van der Waals surface area contributed by atoms with Gasteiger partial charge in [0.2, 0.25) is 0 Å². The molecule has 0 aromatic heterocycles. The fourth-order valence-corrected chi connectivity index (χ4v) is 3.31. The van der Waals surface area contributed by atoms with Crippen LogP contribution >= 0.6 is 15.9 Å². The van der Waals surface area contributed by atoms with E-state index in [-0.39, 0.29) is 0 Å². The first-order valence-corrected chi connectivity index (χ1v) is 7.56. The van der Waals surface area contributed by atoms with Crippen molar-refractivity contribution in [3.8, 4) is 5.75 Å². The molecule has 1 fully saturated rings. The highest BCUT2D eigenvalue weighted by atomic mass is 79.9. The second-order valence-electron chi connectivity index (χ2n) is 5.31. The zero-order valence-corrected chi connectivity index (χ0v) is 12.6.